The van der Waals surface area contributed by atoms with E-state index >= 15 is 0 Å². The highest BCUT2D eigenvalue weighted by Gasteiger charge is 2.18. The Labute approximate surface area is 128 Å². The van der Waals surface area contributed by atoms with Crippen molar-refractivity contribution in [3.8, 4) is 6.07 Å². The summed E-state index contributed by atoms with van der Waals surface area (Å²) in [5, 5.41) is 12.8. The van der Waals surface area contributed by atoms with E-state index in [1.165, 1.54) is 37.7 Å². The van der Waals surface area contributed by atoms with Crippen LogP contribution >= 0.6 is 0 Å². The molecule has 1 aromatic rings. The quantitative estimate of drug-likeness (QED) is 0.862. The van der Waals surface area contributed by atoms with Crippen molar-refractivity contribution in [3.63, 3.8) is 0 Å². The Morgan fingerprint density at radius 3 is 2.67 bits per heavy atom. The molecule has 0 spiro atoms. The van der Waals surface area contributed by atoms with Gasteiger partial charge in [-0.05, 0) is 30.4 Å². The molecule has 1 saturated carbocycles. The second kappa shape index (κ2) is 8.00. The van der Waals surface area contributed by atoms with Crippen LogP contribution in [0, 0.1) is 17.2 Å². The Kier molecular flexibility index (Phi) is 6.02. The number of benzene rings is 1. The molecule has 21 heavy (non-hydrogen) atoms. The molecule has 0 aliphatic heterocycles. The number of nitrogens with zero attached hydrogens (tertiary/aromatic N) is 1. The van der Waals surface area contributed by atoms with E-state index in [9.17, 15) is 5.26 Å². The zero-order valence-corrected chi connectivity index (χ0v) is 13.2. The van der Waals surface area contributed by atoms with Crippen molar-refractivity contribution >= 4 is 6.08 Å². The molecule has 1 aliphatic rings. The standard InChI is InChI=1S/C19H26N2/c1-15(2)21-14-19(16-8-4-3-5-9-16)12-17-10-6-7-11-18(17)13-20/h6-7,10-12,15-16,21H,3-5,8-9,14H2,1-2H3/b19-12-. The largest absolute Gasteiger partial charge is 0.311 e. The highest BCUT2D eigenvalue weighted by atomic mass is 14.9. The van der Waals surface area contributed by atoms with Gasteiger partial charge in [0.25, 0.3) is 0 Å². The summed E-state index contributed by atoms with van der Waals surface area (Å²) in [7, 11) is 0. The topological polar surface area (TPSA) is 35.8 Å². The van der Waals surface area contributed by atoms with Crippen molar-refractivity contribution in [2.24, 2.45) is 5.92 Å². The van der Waals surface area contributed by atoms with Crippen LogP contribution in [0.3, 0.4) is 0 Å². The first kappa shape index (κ1) is 15.8. The highest BCUT2D eigenvalue weighted by Crippen LogP contribution is 2.31. The lowest BCUT2D eigenvalue weighted by Gasteiger charge is -2.26. The minimum atomic E-state index is 0.489. The van der Waals surface area contributed by atoms with Gasteiger partial charge in [-0.15, -0.1) is 0 Å². The molecule has 0 bridgehead atoms. The lowest BCUT2D eigenvalue weighted by Crippen LogP contribution is -2.28. The van der Waals surface area contributed by atoms with Crippen LogP contribution in [0.4, 0.5) is 0 Å². The van der Waals surface area contributed by atoms with E-state index in [2.05, 4.69) is 37.4 Å². The molecular formula is C19H26N2. The molecule has 1 fully saturated rings. The molecule has 0 radical (unpaired) electrons. The van der Waals surface area contributed by atoms with Gasteiger partial charge in [-0.3, -0.25) is 0 Å². The molecule has 0 heterocycles. The summed E-state index contributed by atoms with van der Waals surface area (Å²) in [4.78, 5) is 0. The number of rotatable bonds is 5. The number of nitrogens with one attached hydrogen (secondary N) is 1. The molecular weight excluding hydrogens is 256 g/mol. The number of hydrogen-bond donors (Lipinski definition) is 1. The van der Waals surface area contributed by atoms with Gasteiger partial charge in [0.1, 0.15) is 0 Å². The molecule has 0 unspecified atom stereocenters. The average molecular weight is 282 g/mol. The van der Waals surface area contributed by atoms with E-state index in [4.69, 9.17) is 0 Å². The third-order valence-electron chi connectivity index (χ3n) is 4.27. The summed E-state index contributed by atoms with van der Waals surface area (Å²) in [6.45, 7) is 5.30. The first-order valence-electron chi connectivity index (χ1n) is 8.13. The Hall–Kier alpha value is -1.59. The van der Waals surface area contributed by atoms with Crippen LogP contribution in [0.15, 0.2) is 29.8 Å². The maximum Gasteiger partial charge on any atom is 0.0997 e. The fourth-order valence-electron chi connectivity index (χ4n) is 3.03. The van der Waals surface area contributed by atoms with Crippen molar-refractivity contribution in [1.29, 1.82) is 5.26 Å². The zero-order valence-electron chi connectivity index (χ0n) is 13.2. The third kappa shape index (κ3) is 4.72. The monoisotopic (exact) mass is 282 g/mol. The average Bonchev–Trinajstić information content (AvgIpc) is 2.52. The smallest absolute Gasteiger partial charge is 0.0997 e. The third-order valence-corrected chi connectivity index (χ3v) is 4.27. The molecule has 1 aliphatic carbocycles. The second-order valence-corrected chi connectivity index (χ2v) is 6.29. The van der Waals surface area contributed by atoms with Crippen LogP contribution in [0.25, 0.3) is 6.08 Å². The van der Waals surface area contributed by atoms with Gasteiger partial charge in [0.05, 0.1) is 11.6 Å². The highest BCUT2D eigenvalue weighted by molar-refractivity contribution is 5.60. The van der Waals surface area contributed by atoms with Crippen molar-refractivity contribution in [2.75, 3.05) is 6.54 Å². The van der Waals surface area contributed by atoms with Crippen LogP contribution in [0.2, 0.25) is 0 Å². The molecule has 2 rings (SSSR count). The summed E-state index contributed by atoms with van der Waals surface area (Å²) in [6, 6.07) is 10.7. The van der Waals surface area contributed by atoms with Crippen LogP contribution in [0.5, 0.6) is 0 Å². The first-order chi connectivity index (χ1) is 10.2. The van der Waals surface area contributed by atoms with Crippen molar-refractivity contribution in [3.05, 3.63) is 41.0 Å². The molecule has 1 aromatic carbocycles. The van der Waals surface area contributed by atoms with Crippen molar-refractivity contribution in [1.82, 2.24) is 5.32 Å². The van der Waals surface area contributed by atoms with Gasteiger partial charge in [-0.1, -0.05) is 63.0 Å². The fourth-order valence-corrected chi connectivity index (χ4v) is 3.03. The van der Waals surface area contributed by atoms with E-state index in [1.54, 1.807) is 0 Å². The summed E-state index contributed by atoms with van der Waals surface area (Å²) in [6.07, 6.45) is 8.88. The maximum atomic E-state index is 9.26. The fraction of sp³-hybridized carbons (Fsp3) is 0.526. The van der Waals surface area contributed by atoms with Crippen LogP contribution in [0.1, 0.15) is 57.1 Å². The van der Waals surface area contributed by atoms with E-state index < -0.39 is 0 Å². The normalized spacial score (nSPS) is 17.0. The first-order valence-corrected chi connectivity index (χ1v) is 8.13. The van der Waals surface area contributed by atoms with Crippen LogP contribution in [-0.4, -0.2) is 12.6 Å². The van der Waals surface area contributed by atoms with Gasteiger partial charge in [-0.2, -0.15) is 5.26 Å². The molecule has 112 valence electrons. The summed E-state index contributed by atoms with van der Waals surface area (Å²) in [5.41, 5.74) is 3.30. The van der Waals surface area contributed by atoms with Gasteiger partial charge in [-0.25, -0.2) is 0 Å². The van der Waals surface area contributed by atoms with E-state index in [1.807, 2.05) is 18.2 Å². The van der Waals surface area contributed by atoms with Crippen LogP contribution in [-0.2, 0) is 0 Å². The molecule has 0 aromatic heterocycles. The minimum Gasteiger partial charge on any atom is -0.311 e. The Bertz CT molecular complexity index is 517. The predicted molar refractivity (Wildman–Crippen MR) is 88.8 cm³/mol. The molecule has 2 heteroatoms. The van der Waals surface area contributed by atoms with Gasteiger partial charge < -0.3 is 5.32 Å². The zero-order chi connectivity index (χ0) is 15.1. The Morgan fingerprint density at radius 2 is 2.00 bits per heavy atom. The Morgan fingerprint density at radius 1 is 1.29 bits per heavy atom. The Balaban J connectivity index is 2.24. The summed E-state index contributed by atoms with van der Waals surface area (Å²) < 4.78 is 0. The van der Waals surface area contributed by atoms with Crippen molar-refractivity contribution in [2.45, 2.75) is 52.0 Å². The maximum absolute atomic E-state index is 9.26. The van der Waals surface area contributed by atoms with Gasteiger partial charge in [0.15, 0.2) is 0 Å². The van der Waals surface area contributed by atoms with Crippen molar-refractivity contribution < 1.29 is 0 Å². The van der Waals surface area contributed by atoms with Gasteiger partial charge >= 0.3 is 0 Å². The summed E-state index contributed by atoms with van der Waals surface area (Å²) >= 11 is 0. The van der Waals surface area contributed by atoms with E-state index in [0.717, 1.165) is 17.7 Å². The minimum absolute atomic E-state index is 0.489. The molecule has 0 atom stereocenters. The lowest BCUT2D eigenvalue weighted by molar-refractivity contribution is 0.394. The number of nitriles is 1. The molecule has 2 nitrogen and oxygen atoms in total. The number of hydrogen-bond acceptors (Lipinski definition) is 2. The van der Waals surface area contributed by atoms with Crippen LogP contribution < -0.4 is 5.32 Å². The van der Waals surface area contributed by atoms with E-state index in [0.29, 0.717) is 12.0 Å². The van der Waals surface area contributed by atoms with E-state index in [-0.39, 0.29) is 0 Å². The lowest BCUT2D eigenvalue weighted by atomic mass is 9.82. The molecule has 1 N–H and O–H groups in total. The van der Waals surface area contributed by atoms with Gasteiger partial charge in [0, 0.05) is 12.6 Å². The second-order valence-electron chi connectivity index (χ2n) is 6.29. The van der Waals surface area contributed by atoms with Gasteiger partial charge in [0.2, 0.25) is 0 Å². The summed E-state index contributed by atoms with van der Waals surface area (Å²) in [5.74, 6) is 0.678. The predicted octanol–water partition coefficient (Wildman–Crippen LogP) is 4.52. The molecule has 0 amide bonds. The SMILES string of the molecule is CC(C)NC/C(=C/c1ccccc1C#N)C1CCCCC1. The molecule has 0 saturated heterocycles.